The molecule has 60 valence electrons. The first kappa shape index (κ1) is 9.70. The molecule has 0 aromatic carbocycles. The van der Waals surface area contributed by atoms with Crippen LogP contribution in [0.4, 0.5) is 0 Å². The Labute approximate surface area is 64.3 Å². The molecule has 1 unspecified atom stereocenters. The van der Waals surface area contributed by atoms with Crippen molar-refractivity contribution in [1.29, 1.82) is 0 Å². The molecule has 1 nitrogen and oxygen atoms in total. The van der Waals surface area contributed by atoms with Crippen LogP contribution in [0, 0.1) is 5.92 Å². The van der Waals surface area contributed by atoms with E-state index in [2.05, 4.69) is 26.8 Å². The molecular weight excluding hydrogens is 122 g/mol. The lowest BCUT2D eigenvalue weighted by Crippen LogP contribution is -2.09. The van der Waals surface area contributed by atoms with Gasteiger partial charge in [0.25, 0.3) is 0 Å². The number of hydrogen-bond donors (Lipinski definition) is 1. The van der Waals surface area contributed by atoms with Gasteiger partial charge in [-0.2, -0.15) is 0 Å². The molecule has 0 aromatic heterocycles. The lowest BCUT2D eigenvalue weighted by atomic mass is 10.1. The highest BCUT2D eigenvalue weighted by molar-refractivity contribution is 4.92. The first-order valence-corrected chi connectivity index (χ1v) is 4.00. The summed E-state index contributed by atoms with van der Waals surface area (Å²) in [7, 11) is 0. The van der Waals surface area contributed by atoms with Crippen molar-refractivity contribution in [3.8, 4) is 0 Å². The summed E-state index contributed by atoms with van der Waals surface area (Å²) >= 11 is 0. The first-order valence-electron chi connectivity index (χ1n) is 4.00. The summed E-state index contributed by atoms with van der Waals surface area (Å²) in [6.07, 6.45) is 4.68. The number of nitrogens with two attached hydrogens (primary N) is 1. The molecule has 0 saturated carbocycles. The van der Waals surface area contributed by atoms with Crippen LogP contribution in [0.5, 0.6) is 0 Å². The molecule has 1 atom stereocenters. The van der Waals surface area contributed by atoms with Gasteiger partial charge >= 0.3 is 0 Å². The van der Waals surface area contributed by atoms with Crippen molar-refractivity contribution in [1.82, 2.24) is 0 Å². The molecule has 2 N–H and O–H groups in total. The fourth-order valence-electron chi connectivity index (χ4n) is 0.774. The van der Waals surface area contributed by atoms with Crippen LogP contribution in [-0.2, 0) is 0 Å². The summed E-state index contributed by atoms with van der Waals surface area (Å²) in [5.41, 5.74) is 6.87. The Bertz CT molecular complexity index is 101. The van der Waals surface area contributed by atoms with Crippen molar-refractivity contribution < 1.29 is 0 Å². The molecule has 0 heterocycles. The lowest BCUT2D eigenvalue weighted by molar-refractivity contribution is 0.550. The summed E-state index contributed by atoms with van der Waals surface area (Å²) in [6.45, 7) is 7.27. The van der Waals surface area contributed by atoms with E-state index in [0.29, 0.717) is 5.92 Å². The third-order valence-electron chi connectivity index (χ3n) is 1.61. The summed E-state index contributed by atoms with van der Waals surface area (Å²) in [5.74, 6) is 0.676. The molecule has 0 bridgehead atoms. The van der Waals surface area contributed by atoms with E-state index >= 15 is 0 Å². The molecule has 0 amide bonds. The average Bonchev–Trinajstić information content (AvgIpc) is 1.87. The van der Waals surface area contributed by atoms with Gasteiger partial charge in [-0.05, 0) is 39.2 Å². The number of rotatable bonds is 4. The molecular formula is C9H19N. The van der Waals surface area contributed by atoms with Gasteiger partial charge in [0.15, 0.2) is 0 Å². The fourth-order valence-corrected chi connectivity index (χ4v) is 0.774. The van der Waals surface area contributed by atoms with Crippen LogP contribution in [0.2, 0.25) is 0 Å². The van der Waals surface area contributed by atoms with Gasteiger partial charge in [-0.25, -0.2) is 0 Å². The van der Waals surface area contributed by atoms with Crippen LogP contribution in [0.25, 0.3) is 0 Å². The molecule has 0 saturated heterocycles. The Kier molecular flexibility index (Phi) is 5.32. The van der Waals surface area contributed by atoms with E-state index in [-0.39, 0.29) is 0 Å². The minimum Gasteiger partial charge on any atom is -0.330 e. The van der Waals surface area contributed by atoms with Crippen LogP contribution in [0.15, 0.2) is 11.6 Å². The van der Waals surface area contributed by atoms with E-state index < -0.39 is 0 Å². The van der Waals surface area contributed by atoms with Crippen LogP contribution in [0.3, 0.4) is 0 Å². The highest BCUT2D eigenvalue weighted by Gasteiger charge is 1.95. The second-order valence-electron chi connectivity index (χ2n) is 3.20. The van der Waals surface area contributed by atoms with E-state index in [0.717, 1.165) is 6.54 Å². The van der Waals surface area contributed by atoms with Gasteiger partial charge in [0.2, 0.25) is 0 Å². The van der Waals surface area contributed by atoms with Crippen LogP contribution < -0.4 is 5.73 Å². The second kappa shape index (κ2) is 5.48. The fraction of sp³-hybridized carbons (Fsp3) is 0.778. The Morgan fingerprint density at radius 1 is 1.50 bits per heavy atom. The minimum atomic E-state index is 0.676. The SMILES string of the molecule is CC(C)=CCCC(C)CN. The third-order valence-corrected chi connectivity index (χ3v) is 1.61. The minimum absolute atomic E-state index is 0.676. The summed E-state index contributed by atoms with van der Waals surface area (Å²) < 4.78 is 0. The van der Waals surface area contributed by atoms with Gasteiger partial charge in [0.1, 0.15) is 0 Å². The van der Waals surface area contributed by atoms with Crippen molar-refractivity contribution in [2.45, 2.75) is 33.6 Å². The van der Waals surface area contributed by atoms with Gasteiger partial charge in [-0.1, -0.05) is 18.6 Å². The van der Waals surface area contributed by atoms with E-state index in [1.807, 2.05) is 0 Å². The summed E-state index contributed by atoms with van der Waals surface area (Å²) in [6, 6.07) is 0. The average molecular weight is 141 g/mol. The molecule has 0 radical (unpaired) electrons. The van der Waals surface area contributed by atoms with Crippen molar-refractivity contribution in [2.24, 2.45) is 11.7 Å². The summed E-state index contributed by atoms with van der Waals surface area (Å²) in [4.78, 5) is 0. The molecule has 0 rings (SSSR count). The third kappa shape index (κ3) is 5.83. The Morgan fingerprint density at radius 2 is 2.10 bits per heavy atom. The Hall–Kier alpha value is -0.300. The Morgan fingerprint density at radius 3 is 2.50 bits per heavy atom. The number of allylic oxidation sites excluding steroid dienone is 2. The normalized spacial score (nSPS) is 12.8. The molecule has 0 aromatic rings. The van der Waals surface area contributed by atoms with Gasteiger partial charge in [-0.3, -0.25) is 0 Å². The van der Waals surface area contributed by atoms with Crippen molar-refractivity contribution in [2.75, 3.05) is 6.54 Å². The monoisotopic (exact) mass is 141 g/mol. The molecule has 0 aliphatic carbocycles. The topological polar surface area (TPSA) is 26.0 Å². The van der Waals surface area contributed by atoms with Crippen LogP contribution >= 0.6 is 0 Å². The summed E-state index contributed by atoms with van der Waals surface area (Å²) in [5, 5.41) is 0. The van der Waals surface area contributed by atoms with E-state index in [1.165, 1.54) is 18.4 Å². The van der Waals surface area contributed by atoms with Gasteiger partial charge in [-0.15, -0.1) is 0 Å². The molecule has 0 fully saturated rings. The highest BCUT2D eigenvalue weighted by Crippen LogP contribution is 2.05. The molecule has 0 aliphatic heterocycles. The van der Waals surface area contributed by atoms with Crippen LogP contribution in [-0.4, -0.2) is 6.54 Å². The lowest BCUT2D eigenvalue weighted by Gasteiger charge is -2.04. The molecule has 10 heavy (non-hydrogen) atoms. The zero-order chi connectivity index (χ0) is 7.98. The van der Waals surface area contributed by atoms with Gasteiger partial charge < -0.3 is 5.73 Å². The van der Waals surface area contributed by atoms with E-state index in [4.69, 9.17) is 5.73 Å². The standard InChI is InChI=1S/C9H19N/c1-8(2)5-4-6-9(3)7-10/h5,9H,4,6-7,10H2,1-3H3. The van der Waals surface area contributed by atoms with E-state index in [9.17, 15) is 0 Å². The predicted octanol–water partition coefficient (Wildman–Crippen LogP) is 2.33. The zero-order valence-electron chi connectivity index (χ0n) is 7.35. The second-order valence-corrected chi connectivity index (χ2v) is 3.20. The van der Waals surface area contributed by atoms with Crippen molar-refractivity contribution >= 4 is 0 Å². The quantitative estimate of drug-likeness (QED) is 0.597. The van der Waals surface area contributed by atoms with Gasteiger partial charge in [0.05, 0.1) is 0 Å². The predicted molar refractivity (Wildman–Crippen MR) is 46.9 cm³/mol. The largest absolute Gasteiger partial charge is 0.330 e. The zero-order valence-corrected chi connectivity index (χ0v) is 7.35. The Balaban J connectivity index is 3.28. The maximum Gasteiger partial charge on any atom is -0.00514 e. The highest BCUT2D eigenvalue weighted by atomic mass is 14.5. The molecule has 0 spiro atoms. The molecule has 0 aliphatic rings. The van der Waals surface area contributed by atoms with Crippen molar-refractivity contribution in [3.05, 3.63) is 11.6 Å². The first-order chi connectivity index (χ1) is 4.66. The number of hydrogen-bond acceptors (Lipinski definition) is 1. The van der Waals surface area contributed by atoms with Gasteiger partial charge in [0, 0.05) is 0 Å². The van der Waals surface area contributed by atoms with Crippen molar-refractivity contribution in [3.63, 3.8) is 0 Å². The van der Waals surface area contributed by atoms with E-state index in [1.54, 1.807) is 0 Å². The molecule has 1 heteroatoms. The van der Waals surface area contributed by atoms with Crippen LogP contribution in [0.1, 0.15) is 33.6 Å². The maximum absolute atomic E-state index is 5.47. The maximum atomic E-state index is 5.47. The smallest absolute Gasteiger partial charge is 0.00514 e.